The van der Waals surface area contributed by atoms with Crippen LogP contribution in [0.4, 0.5) is 0 Å². The zero-order chi connectivity index (χ0) is 19.1. The van der Waals surface area contributed by atoms with Crippen LogP contribution in [-0.2, 0) is 19.6 Å². The summed E-state index contributed by atoms with van der Waals surface area (Å²) in [6.45, 7) is 7.20. The molecule has 0 radical (unpaired) electrons. The molecule has 1 unspecified atom stereocenters. The topological polar surface area (TPSA) is 63.5 Å². The van der Waals surface area contributed by atoms with Crippen LogP contribution in [0.5, 0.6) is 0 Å². The highest BCUT2D eigenvalue weighted by molar-refractivity contribution is 7.89. The van der Waals surface area contributed by atoms with Gasteiger partial charge in [-0.2, -0.15) is 4.31 Å². The van der Waals surface area contributed by atoms with Crippen LogP contribution in [0.2, 0.25) is 0 Å². The van der Waals surface area contributed by atoms with Crippen molar-refractivity contribution >= 4 is 16.0 Å². The average Bonchev–Trinajstić information content (AvgIpc) is 3.31. The van der Waals surface area contributed by atoms with Crippen LogP contribution in [0.25, 0.3) is 0 Å². The van der Waals surface area contributed by atoms with E-state index in [1.807, 2.05) is 37.3 Å². The van der Waals surface area contributed by atoms with Crippen molar-refractivity contribution in [3.8, 4) is 0 Å². The summed E-state index contributed by atoms with van der Waals surface area (Å²) < 4.78 is 32.9. The molecule has 1 aliphatic rings. The number of carbonyl (C=O) groups is 1. The maximum absolute atomic E-state index is 13.1. The summed E-state index contributed by atoms with van der Waals surface area (Å²) >= 11 is 0. The number of carbonyl (C=O) groups excluding carboxylic acids is 1. The molecule has 5 nitrogen and oxygen atoms in total. The normalized spacial score (nSPS) is 22.7. The number of hydrogen-bond acceptors (Lipinski definition) is 4. The molecule has 0 spiro atoms. The first kappa shape index (κ1) is 18.6. The maximum Gasteiger partial charge on any atom is 0.327 e. The second kappa shape index (κ2) is 6.52. The third-order valence-electron chi connectivity index (χ3n) is 4.14. The van der Waals surface area contributed by atoms with Gasteiger partial charge in [-0.3, -0.25) is 4.79 Å². The first-order chi connectivity index (χ1) is 12.1. The third-order valence-corrected chi connectivity index (χ3v) is 6.02. The van der Waals surface area contributed by atoms with E-state index in [4.69, 9.17) is 4.74 Å². The number of aryl methyl sites for hydroxylation is 1. The van der Waals surface area contributed by atoms with Crippen LogP contribution in [0.1, 0.15) is 37.9 Å². The smallest absolute Gasteiger partial charge is 0.327 e. The Balaban J connectivity index is 1.97. The second-order valence-electron chi connectivity index (χ2n) is 7.48. The fourth-order valence-electron chi connectivity index (χ4n) is 2.92. The van der Waals surface area contributed by atoms with Crippen molar-refractivity contribution in [3.63, 3.8) is 0 Å². The van der Waals surface area contributed by atoms with Gasteiger partial charge < -0.3 is 4.74 Å². The molecule has 0 N–H and O–H groups in total. The minimum atomic E-state index is -3.80. The molecule has 2 aromatic rings. The SMILES string of the molecule is Cc1ccc(S(=O)(=O)N2[C@H](C(=O)OC(C)(C)C)[C@@H]2c2ccccc2)cc1. The Bertz CT molecular complexity index is 899. The van der Waals surface area contributed by atoms with E-state index in [1.54, 1.807) is 45.0 Å². The van der Waals surface area contributed by atoms with Crippen LogP contribution in [0.15, 0.2) is 59.5 Å². The molecule has 3 atom stereocenters. The van der Waals surface area contributed by atoms with Gasteiger partial charge in [-0.15, -0.1) is 0 Å². The van der Waals surface area contributed by atoms with Crippen molar-refractivity contribution in [1.82, 2.24) is 4.31 Å². The molecule has 2 aromatic carbocycles. The Labute approximate surface area is 154 Å². The summed E-state index contributed by atoms with van der Waals surface area (Å²) in [6, 6.07) is 14.4. The minimum absolute atomic E-state index is 0.176. The number of nitrogens with zero attached hydrogens (tertiary/aromatic N) is 1. The van der Waals surface area contributed by atoms with E-state index in [-0.39, 0.29) is 4.90 Å². The van der Waals surface area contributed by atoms with E-state index in [2.05, 4.69) is 0 Å². The molecule has 3 rings (SSSR count). The van der Waals surface area contributed by atoms with E-state index in [1.165, 1.54) is 4.31 Å². The van der Waals surface area contributed by atoms with Gasteiger partial charge in [0.2, 0.25) is 10.0 Å². The molecule has 138 valence electrons. The van der Waals surface area contributed by atoms with Gasteiger partial charge in [0.25, 0.3) is 0 Å². The number of esters is 1. The lowest BCUT2D eigenvalue weighted by Gasteiger charge is -2.19. The Morgan fingerprint density at radius 2 is 1.58 bits per heavy atom. The van der Waals surface area contributed by atoms with Gasteiger partial charge in [0.05, 0.1) is 10.9 Å². The zero-order valence-corrected chi connectivity index (χ0v) is 16.2. The average molecular weight is 373 g/mol. The lowest BCUT2D eigenvalue weighted by Crippen LogP contribution is -2.29. The maximum atomic E-state index is 13.1. The largest absolute Gasteiger partial charge is 0.459 e. The molecule has 0 saturated carbocycles. The molecule has 0 aromatic heterocycles. The number of benzene rings is 2. The van der Waals surface area contributed by atoms with Crippen molar-refractivity contribution < 1.29 is 17.9 Å². The summed E-state index contributed by atoms with van der Waals surface area (Å²) in [4.78, 5) is 12.8. The van der Waals surface area contributed by atoms with Crippen molar-refractivity contribution in [2.75, 3.05) is 0 Å². The van der Waals surface area contributed by atoms with E-state index < -0.39 is 33.7 Å². The Hall–Kier alpha value is -2.18. The third kappa shape index (κ3) is 3.66. The van der Waals surface area contributed by atoms with E-state index in [0.29, 0.717) is 0 Å². The number of sulfonamides is 1. The summed E-state index contributed by atoms with van der Waals surface area (Å²) in [5.74, 6) is -0.526. The standard InChI is InChI=1S/C20H23NO4S/c1-14-10-12-16(13-11-14)26(23,24)21-17(15-8-6-5-7-9-15)18(21)19(22)25-20(2,3)4/h5-13,17-18H,1-4H3/t17-,18-,21?/m0/s1. The van der Waals surface area contributed by atoms with Crippen LogP contribution in [0.3, 0.4) is 0 Å². The van der Waals surface area contributed by atoms with Gasteiger partial charge in [-0.1, -0.05) is 48.0 Å². The fourth-order valence-corrected chi connectivity index (χ4v) is 4.62. The van der Waals surface area contributed by atoms with Crippen molar-refractivity contribution in [2.45, 2.75) is 50.3 Å². The van der Waals surface area contributed by atoms with Crippen LogP contribution >= 0.6 is 0 Å². The molecule has 0 amide bonds. The van der Waals surface area contributed by atoms with Gasteiger partial charge in [0.15, 0.2) is 0 Å². The monoisotopic (exact) mass is 373 g/mol. The molecular formula is C20H23NO4S. The van der Waals surface area contributed by atoms with E-state index in [0.717, 1.165) is 11.1 Å². The zero-order valence-electron chi connectivity index (χ0n) is 15.3. The van der Waals surface area contributed by atoms with Crippen LogP contribution < -0.4 is 0 Å². The molecule has 1 heterocycles. The molecule has 1 fully saturated rings. The summed E-state index contributed by atoms with van der Waals surface area (Å²) in [5.41, 5.74) is 1.07. The van der Waals surface area contributed by atoms with Crippen LogP contribution in [0, 0.1) is 6.92 Å². The molecular weight excluding hydrogens is 350 g/mol. The van der Waals surface area contributed by atoms with Gasteiger partial charge >= 0.3 is 5.97 Å². The van der Waals surface area contributed by atoms with Crippen molar-refractivity contribution in [1.29, 1.82) is 0 Å². The summed E-state index contributed by atoms with van der Waals surface area (Å²) in [5, 5.41) is 0. The predicted molar refractivity (Wildman–Crippen MR) is 99.0 cm³/mol. The highest BCUT2D eigenvalue weighted by Crippen LogP contribution is 2.48. The fraction of sp³-hybridized carbons (Fsp3) is 0.350. The van der Waals surface area contributed by atoms with E-state index in [9.17, 15) is 13.2 Å². The Kier molecular flexibility index (Phi) is 4.67. The van der Waals surface area contributed by atoms with Gasteiger partial charge in [-0.25, -0.2) is 8.42 Å². The quantitative estimate of drug-likeness (QED) is 0.608. The van der Waals surface area contributed by atoms with Gasteiger partial charge in [-0.05, 0) is 45.4 Å². The second-order valence-corrected chi connectivity index (χ2v) is 9.33. The van der Waals surface area contributed by atoms with E-state index >= 15 is 0 Å². The molecule has 0 bridgehead atoms. The Morgan fingerprint density at radius 3 is 2.12 bits per heavy atom. The molecule has 0 aliphatic carbocycles. The van der Waals surface area contributed by atoms with Crippen molar-refractivity contribution in [2.24, 2.45) is 0 Å². The molecule has 26 heavy (non-hydrogen) atoms. The minimum Gasteiger partial charge on any atom is -0.459 e. The highest BCUT2D eigenvalue weighted by atomic mass is 32.2. The molecule has 1 aliphatic heterocycles. The summed E-state index contributed by atoms with van der Waals surface area (Å²) in [7, 11) is -3.80. The number of rotatable bonds is 4. The lowest BCUT2D eigenvalue weighted by molar-refractivity contribution is -0.154. The molecule has 6 heteroatoms. The van der Waals surface area contributed by atoms with Crippen LogP contribution in [-0.4, -0.2) is 30.3 Å². The first-order valence-electron chi connectivity index (χ1n) is 8.49. The molecule has 1 saturated heterocycles. The number of ether oxygens (including phenoxy) is 1. The Morgan fingerprint density at radius 1 is 1.00 bits per heavy atom. The predicted octanol–water partition coefficient (Wildman–Crippen LogP) is 3.45. The lowest BCUT2D eigenvalue weighted by atomic mass is 10.1. The first-order valence-corrected chi connectivity index (χ1v) is 9.93. The van der Waals surface area contributed by atoms with Crippen molar-refractivity contribution in [3.05, 3.63) is 65.7 Å². The van der Waals surface area contributed by atoms with Gasteiger partial charge in [0, 0.05) is 0 Å². The highest BCUT2D eigenvalue weighted by Gasteiger charge is 2.61. The summed E-state index contributed by atoms with van der Waals surface area (Å²) in [6.07, 6.45) is 0. The number of hydrogen-bond donors (Lipinski definition) is 0. The van der Waals surface area contributed by atoms with Gasteiger partial charge in [0.1, 0.15) is 11.6 Å².